The molecule has 1 amide bonds. The Morgan fingerprint density at radius 3 is 2.65 bits per heavy atom. The van der Waals surface area contributed by atoms with Crippen molar-refractivity contribution >= 4 is 29.0 Å². The first-order valence-corrected chi connectivity index (χ1v) is 6.35. The van der Waals surface area contributed by atoms with E-state index in [0.717, 1.165) is 0 Å². The molecule has 100 valence electrons. The van der Waals surface area contributed by atoms with Crippen LogP contribution in [0, 0.1) is 5.82 Å². The van der Waals surface area contributed by atoms with E-state index in [1.165, 1.54) is 23.1 Å². The van der Waals surface area contributed by atoms with Crippen LogP contribution >= 0.6 is 11.6 Å². The SMILES string of the molecule is O=C1C(=O)N(Cc2cc(Cl)ccc2F)c2ccccc21. The molecule has 0 saturated carbocycles. The van der Waals surface area contributed by atoms with Crippen LogP contribution in [-0.2, 0) is 11.3 Å². The Morgan fingerprint density at radius 2 is 1.85 bits per heavy atom. The van der Waals surface area contributed by atoms with Gasteiger partial charge in [-0.3, -0.25) is 9.59 Å². The summed E-state index contributed by atoms with van der Waals surface area (Å²) in [5.74, 6) is -1.67. The summed E-state index contributed by atoms with van der Waals surface area (Å²) in [4.78, 5) is 25.1. The third kappa shape index (κ3) is 1.98. The van der Waals surface area contributed by atoms with Crippen LogP contribution in [0.3, 0.4) is 0 Å². The van der Waals surface area contributed by atoms with Gasteiger partial charge in [-0.2, -0.15) is 0 Å². The summed E-state index contributed by atoms with van der Waals surface area (Å²) < 4.78 is 13.7. The molecule has 1 aliphatic rings. The van der Waals surface area contributed by atoms with Crippen LogP contribution in [0.5, 0.6) is 0 Å². The first-order chi connectivity index (χ1) is 9.58. The molecule has 5 heteroatoms. The minimum absolute atomic E-state index is 0.0199. The van der Waals surface area contributed by atoms with Crippen molar-refractivity contribution in [3.05, 3.63) is 64.4 Å². The van der Waals surface area contributed by atoms with Gasteiger partial charge in [0.25, 0.3) is 11.7 Å². The highest BCUT2D eigenvalue weighted by atomic mass is 35.5. The summed E-state index contributed by atoms with van der Waals surface area (Å²) in [5, 5.41) is 0.382. The van der Waals surface area contributed by atoms with Gasteiger partial charge in [-0.15, -0.1) is 0 Å². The summed E-state index contributed by atoms with van der Waals surface area (Å²) >= 11 is 5.83. The second-order valence-corrected chi connectivity index (χ2v) is 4.91. The van der Waals surface area contributed by atoms with Crippen LogP contribution in [0.4, 0.5) is 10.1 Å². The van der Waals surface area contributed by atoms with Gasteiger partial charge >= 0.3 is 0 Å². The Labute approximate surface area is 119 Å². The standard InChI is InChI=1S/C15H9ClFNO2/c16-10-5-6-12(17)9(7-10)8-18-13-4-2-1-3-11(13)14(19)15(18)20/h1-7H,8H2. The third-order valence-electron chi connectivity index (χ3n) is 3.22. The number of amides is 1. The molecule has 0 unspecified atom stereocenters. The number of halogens is 2. The van der Waals surface area contributed by atoms with Crippen LogP contribution in [0.2, 0.25) is 5.02 Å². The number of Topliss-reactive ketones (excluding diaryl/α,β-unsaturated/α-hetero) is 1. The van der Waals surface area contributed by atoms with E-state index in [4.69, 9.17) is 11.6 Å². The molecule has 0 bridgehead atoms. The molecule has 1 heterocycles. The quantitative estimate of drug-likeness (QED) is 0.796. The molecule has 0 aliphatic carbocycles. The first-order valence-electron chi connectivity index (χ1n) is 5.97. The highest BCUT2D eigenvalue weighted by Gasteiger charge is 2.35. The predicted molar refractivity (Wildman–Crippen MR) is 73.4 cm³/mol. The normalized spacial score (nSPS) is 13.8. The number of hydrogen-bond donors (Lipinski definition) is 0. The van der Waals surface area contributed by atoms with E-state index < -0.39 is 17.5 Å². The predicted octanol–water partition coefficient (Wildman–Crippen LogP) is 3.21. The van der Waals surface area contributed by atoms with Crippen LogP contribution in [0.1, 0.15) is 15.9 Å². The Kier molecular flexibility index (Phi) is 3.03. The maximum atomic E-state index is 13.7. The van der Waals surface area contributed by atoms with Crippen LogP contribution in [0.15, 0.2) is 42.5 Å². The van der Waals surface area contributed by atoms with Crippen molar-refractivity contribution in [2.24, 2.45) is 0 Å². The van der Waals surface area contributed by atoms with Crippen molar-refractivity contribution in [3.63, 3.8) is 0 Å². The average Bonchev–Trinajstić information content (AvgIpc) is 2.68. The van der Waals surface area contributed by atoms with Gasteiger partial charge in [0.2, 0.25) is 0 Å². The van der Waals surface area contributed by atoms with Crippen LogP contribution in [0.25, 0.3) is 0 Å². The van der Waals surface area contributed by atoms with Crippen molar-refractivity contribution < 1.29 is 14.0 Å². The minimum atomic E-state index is -0.648. The molecule has 1 aliphatic heterocycles. The molecule has 0 aromatic heterocycles. The highest BCUT2D eigenvalue weighted by molar-refractivity contribution is 6.52. The molecule has 3 rings (SSSR count). The lowest BCUT2D eigenvalue weighted by molar-refractivity contribution is -0.114. The Balaban J connectivity index is 2.01. The topological polar surface area (TPSA) is 37.4 Å². The van der Waals surface area contributed by atoms with Gasteiger partial charge < -0.3 is 4.90 Å². The lowest BCUT2D eigenvalue weighted by Gasteiger charge is -2.17. The lowest BCUT2D eigenvalue weighted by Crippen LogP contribution is -2.29. The zero-order valence-electron chi connectivity index (χ0n) is 10.3. The number of ketones is 1. The molecule has 0 radical (unpaired) electrons. The van der Waals surface area contributed by atoms with E-state index in [2.05, 4.69) is 0 Å². The first kappa shape index (κ1) is 12.8. The van der Waals surface area contributed by atoms with Crippen LogP contribution in [-0.4, -0.2) is 11.7 Å². The fourth-order valence-corrected chi connectivity index (χ4v) is 2.43. The molecule has 0 fully saturated rings. The number of carbonyl (C=O) groups is 2. The van der Waals surface area contributed by atoms with Gasteiger partial charge in [0.15, 0.2) is 0 Å². The zero-order valence-corrected chi connectivity index (χ0v) is 11.0. The van der Waals surface area contributed by atoms with Crippen molar-refractivity contribution in [1.82, 2.24) is 0 Å². The summed E-state index contributed by atoms with van der Waals surface area (Å²) in [6, 6.07) is 10.8. The van der Waals surface area contributed by atoms with Crippen molar-refractivity contribution in [2.75, 3.05) is 4.90 Å². The number of hydrogen-bond acceptors (Lipinski definition) is 2. The number of rotatable bonds is 2. The largest absolute Gasteiger partial charge is 0.300 e. The molecule has 2 aromatic rings. The number of benzene rings is 2. The van der Waals surface area contributed by atoms with Gasteiger partial charge in [-0.1, -0.05) is 23.7 Å². The summed E-state index contributed by atoms with van der Waals surface area (Å²) in [5.41, 5.74) is 1.12. The zero-order chi connectivity index (χ0) is 14.3. The summed E-state index contributed by atoms with van der Waals surface area (Å²) in [6.07, 6.45) is 0. The van der Waals surface area contributed by atoms with Crippen molar-refractivity contribution in [3.8, 4) is 0 Å². The highest BCUT2D eigenvalue weighted by Crippen LogP contribution is 2.30. The lowest BCUT2D eigenvalue weighted by atomic mass is 10.1. The van der Waals surface area contributed by atoms with Crippen molar-refractivity contribution in [1.29, 1.82) is 0 Å². The smallest absolute Gasteiger partial charge is 0.299 e. The van der Waals surface area contributed by atoms with Gasteiger partial charge in [-0.25, -0.2) is 4.39 Å². The molecule has 3 nitrogen and oxygen atoms in total. The number of carbonyl (C=O) groups excluding carboxylic acids is 2. The van der Waals surface area contributed by atoms with Crippen LogP contribution < -0.4 is 4.90 Å². The van der Waals surface area contributed by atoms with E-state index in [9.17, 15) is 14.0 Å². The maximum Gasteiger partial charge on any atom is 0.299 e. The van der Waals surface area contributed by atoms with E-state index >= 15 is 0 Å². The second-order valence-electron chi connectivity index (χ2n) is 4.47. The van der Waals surface area contributed by atoms with E-state index in [1.807, 2.05) is 0 Å². The number of fused-ring (bicyclic) bond motifs is 1. The Hall–Kier alpha value is -2.20. The Morgan fingerprint density at radius 1 is 1.10 bits per heavy atom. The number of nitrogens with zero attached hydrogens (tertiary/aromatic N) is 1. The van der Waals surface area contributed by atoms with Gasteiger partial charge in [0, 0.05) is 10.6 Å². The average molecular weight is 290 g/mol. The number of anilines is 1. The maximum absolute atomic E-state index is 13.7. The van der Waals surface area contributed by atoms with Gasteiger partial charge in [0.1, 0.15) is 5.82 Å². The Bertz CT molecular complexity index is 730. The third-order valence-corrected chi connectivity index (χ3v) is 3.45. The van der Waals surface area contributed by atoms with Gasteiger partial charge in [0.05, 0.1) is 17.8 Å². The molecular weight excluding hydrogens is 281 g/mol. The van der Waals surface area contributed by atoms with E-state index in [-0.39, 0.29) is 12.1 Å². The molecule has 0 atom stereocenters. The number of para-hydroxylation sites is 1. The van der Waals surface area contributed by atoms with E-state index in [1.54, 1.807) is 24.3 Å². The minimum Gasteiger partial charge on any atom is -0.300 e. The summed E-state index contributed by atoms with van der Waals surface area (Å²) in [6.45, 7) is -0.0199. The molecule has 2 aromatic carbocycles. The second kappa shape index (κ2) is 4.72. The van der Waals surface area contributed by atoms with Gasteiger partial charge in [-0.05, 0) is 30.3 Å². The molecular formula is C15H9ClFNO2. The fraction of sp³-hybridized carbons (Fsp3) is 0.0667. The molecule has 0 spiro atoms. The van der Waals surface area contributed by atoms with E-state index in [0.29, 0.717) is 16.3 Å². The molecule has 20 heavy (non-hydrogen) atoms. The monoisotopic (exact) mass is 289 g/mol. The van der Waals surface area contributed by atoms with Crippen molar-refractivity contribution in [2.45, 2.75) is 6.54 Å². The summed E-state index contributed by atoms with van der Waals surface area (Å²) in [7, 11) is 0. The molecule has 0 N–H and O–H groups in total. The fourth-order valence-electron chi connectivity index (χ4n) is 2.24. The molecule has 0 saturated heterocycles.